The second kappa shape index (κ2) is 5.37. The van der Waals surface area contributed by atoms with Crippen molar-refractivity contribution in [2.75, 3.05) is 7.11 Å². The Balaban J connectivity index is 1.91. The summed E-state index contributed by atoms with van der Waals surface area (Å²) in [6.45, 7) is 1.88. The molecule has 0 aromatic heterocycles. The van der Waals surface area contributed by atoms with Crippen LogP contribution in [-0.2, 0) is 0 Å². The van der Waals surface area contributed by atoms with Crippen molar-refractivity contribution in [1.82, 2.24) is 0 Å². The number of nitrogens with zero attached hydrogens (tertiary/aromatic N) is 1. The van der Waals surface area contributed by atoms with E-state index in [1.807, 2.05) is 67.2 Å². The predicted molar refractivity (Wildman–Crippen MR) is 108 cm³/mol. The van der Waals surface area contributed by atoms with Gasteiger partial charge in [0.05, 0.1) is 0 Å². The third-order valence-corrected chi connectivity index (χ3v) is 8.75. The molecule has 3 aromatic rings. The summed E-state index contributed by atoms with van der Waals surface area (Å²) in [6, 6.07) is 23.9. The van der Waals surface area contributed by atoms with Crippen LogP contribution < -0.4 is 13.6 Å². The van der Waals surface area contributed by atoms with Gasteiger partial charge < -0.3 is 0 Å². The minimum absolute atomic E-state index is 0.670. The summed E-state index contributed by atoms with van der Waals surface area (Å²) in [5.74, 6) is 2.12. The molecule has 6 heteroatoms. The summed E-state index contributed by atoms with van der Waals surface area (Å²) in [4.78, 5) is 0. The van der Waals surface area contributed by atoms with E-state index in [2.05, 4.69) is 16.4 Å². The topological polar surface area (TPSA) is 30.7 Å². The molecule has 2 heterocycles. The van der Waals surface area contributed by atoms with Crippen molar-refractivity contribution in [3.05, 3.63) is 83.9 Å². The van der Waals surface area contributed by atoms with Gasteiger partial charge in [-0.05, 0) is 0 Å². The molecule has 0 saturated carbocycles. The number of halogens is 1. The average molecular weight is 396 g/mol. The number of benzene rings is 3. The second-order valence-electron chi connectivity index (χ2n) is 6.91. The van der Waals surface area contributed by atoms with E-state index in [0.717, 1.165) is 28.3 Å². The SMILES string of the molecule is COc1ccc2c(c1)O[Si-]1(C)(Cl)Oc3ccccc3[N+]1=C2c1ccccc1. The molecule has 27 heavy (non-hydrogen) atoms. The molecule has 136 valence electrons. The van der Waals surface area contributed by atoms with Crippen LogP contribution in [0.2, 0.25) is 6.55 Å². The minimum atomic E-state index is -4.03. The molecule has 0 radical (unpaired) electrons. The van der Waals surface area contributed by atoms with Gasteiger partial charge in [0.25, 0.3) is 0 Å². The molecule has 2 aliphatic rings. The van der Waals surface area contributed by atoms with Gasteiger partial charge in [-0.3, -0.25) is 0 Å². The molecule has 0 atom stereocenters. The Morgan fingerprint density at radius 2 is 1.59 bits per heavy atom. The van der Waals surface area contributed by atoms with E-state index in [0.29, 0.717) is 11.5 Å². The second-order valence-corrected chi connectivity index (χ2v) is 13.0. The van der Waals surface area contributed by atoms with Crippen molar-refractivity contribution in [1.29, 1.82) is 0 Å². The Hall–Kier alpha value is -2.76. The van der Waals surface area contributed by atoms with Crippen LogP contribution in [0, 0.1) is 0 Å². The van der Waals surface area contributed by atoms with Crippen LogP contribution in [0.1, 0.15) is 11.1 Å². The first-order valence-corrected chi connectivity index (χ1v) is 12.5. The molecule has 0 spiro atoms. The van der Waals surface area contributed by atoms with Gasteiger partial charge in [0, 0.05) is 0 Å². The molecule has 0 aliphatic carbocycles. The van der Waals surface area contributed by atoms with E-state index in [-0.39, 0.29) is 0 Å². The number of hydrogen-bond donors (Lipinski definition) is 0. The third kappa shape index (κ3) is 2.32. The number of para-hydroxylation sites is 2. The van der Waals surface area contributed by atoms with Gasteiger partial charge in [-0.15, -0.1) is 0 Å². The maximum atomic E-state index is 7.23. The van der Waals surface area contributed by atoms with Crippen molar-refractivity contribution < 1.29 is 17.8 Å². The number of rotatable bonds is 2. The van der Waals surface area contributed by atoms with E-state index in [1.54, 1.807) is 7.11 Å². The summed E-state index contributed by atoms with van der Waals surface area (Å²) >= 11 is 7.23. The van der Waals surface area contributed by atoms with Gasteiger partial charge in [-0.25, -0.2) is 0 Å². The van der Waals surface area contributed by atoms with Crippen LogP contribution in [0.15, 0.2) is 72.8 Å². The van der Waals surface area contributed by atoms with Crippen LogP contribution in [0.4, 0.5) is 5.69 Å². The van der Waals surface area contributed by atoms with Crippen LogP contribution in [0.5, 0.6) is 17.2 Å². The Morgan fingerprint density at radius 1 is 0.889 bits per heavy atom. The fraction of sp³-hybridized carbons (Fsp3) is 0.0952. The molecule has 0 unspecified atom stereocenters. The molecule has 3 aromatic carbocycles. The first kappa shape index (κ1) is 16.4. The summed E-state index contributed by atoms with van der Waals surface area (Å²) in [6.07, 6.45) is 0. The van der Waals surface area contributed by atoms with Crippen LogP contribution in [0.3, 0.4) is 0 Å². The van der Waals surface area contributed by atoms with E-state index in [1.165, 1.54) is 0 Å². The molecule has 0 saturated heterocycles. The van der Waals surface area contributed by atoms with Gasteiger partial charge in [0.2, 0.25) is 0 Å². The summed E-state index contributed by atoms with van der Waals surface area (Å²) < 4.78 is 20.2. The molecule has 5 rings (SSSR count). The predicted octanol–water partition coefficient (Wildman–Crippen LogP) is 4.92. The van der Waals surface area contributed by atoms with Gasteiger partial charge >= 0.3 is 162 Å². The van der Waals surface area contributed by atoms with Crippen molar-refractivity contribution >= 4 is 29.8 Å². The molecule has 0 bridgehead atoms. The Morgan fingerprint density at radius 3 is 2.37 bits per heavy atom. The van der Waals surface area contributed by atoms with E-state index in [9.17, 15) is 0 Å². The van der Waals surface area contributed by atoms with Gasteiger partial charge in [-0.1, -0.05) is 0 Å². The van der Waals surface area contributed by atoms with Crippen LogP contribution >= 0.6 is 11.1 Å². The zero-order chi connectivity index (χ0) is 18.7. The number of methoxy groups -OCH3 is 1. The maximum absolute atomic E-state index is 7.23. The molecule has 0 amide bonds. The standard InChI is InChI=1S/C21H18ClNO3Si/c1-24-16-12-13-17-20(14-16)26-27(2,22)23(18-10-6-7-11-19(18)25-27)21(17)15-8-4-3-5-9-15/h3-14H,1-2H3. The van der Waals surface area contributed by atoms with E-state index >= 15 is 0 Å². The first-order chi connectivity index (χ1) is 13.0. The Bertz CT molecular complexity index is 1110. The average Bonchev–Trinajstić information content (AvgIpc) is 2.93. The van der Waals surface area contributed by atoms with Crippen molar-refractivity contribution in [2.24, 2.45) is 0 Å². The quantitative estimate of drug-likeness (QED) is 0.455. The number of fused-ring (bicyclic) bond motifs is 4. The summed E-state index contributed by atoms with van der Waals surface area (Å²) in [5.41, 5.74) is 3.91. The fourth-order valence-electron chi connectivity index (χ4n) is 3.87. The molecule has 0 fully saturated rings. The van der Waals surface area contributed by atoms with Crippen LogP contribution in [0.25, 0.3) is 0 Å². The Kier molecular flexibility index (Phi) is 3.27. The molecule has 2 aliphatic heterocycles. The van der Waals surface area contributed by atoms with Crippen molar-refractivity contribution in [2.45, 2.75) is 6.55 Å². The normalized spacial score (nSPS) is 19.4. The summed E-state index contributed by atoms with van der Waals surface area (Å²) in [7, 11) is -2.39. The van der Waals surface area contributed by atoms with Crippen molar-refractivity contribution in [3.8, 4) is 17.2 Å². The number of ether oxygens (including phenoxy) is 1. The van der Waals surface area contributed by atoms with Gasteiger partial charge in [0.1, 0.15) is 0 Å². The fourth-order valence-corrected chi connectivity index (χ4v) is 7.90. The zero-order valence-corrected chi connectivity index (χ0v) is 16.7. The van der Waals surface area contributed by atoms with Gasteiger partial charge in [-0.2, -0.15) is 0 Å². The summed E-state index contributed by atoms with van der Waals surface area (Å²) in [5, 5.41) is 0. The van der Waals surface area contributed by atoms with E-state index in [4.69, 9.17) is 24.7 Å². The Labute approximate surface area is 162 Å². The van der Waals surface area contributed by atoms with Gasteiger partial charge in [0.15, 0.2) is 0 Å². The number of hydrogen-bond acceptors (Lipinski definition) is 3. The molecular formula is C21H18ClNO3Si. The van der Waals surface area contributed by atoms with E-state index < -0.39 is 7.31 Å². The first-order valence-electron chi connectivity index (χ1n) is 8.76. The third-order valence-electron chi connectivity index (χ3n) is 4.99. The van der Waals surface area contributed by atoms with Crippen LogP contribution in [-0.4, -0.2) is 24.4 Å². The monoisotopic (exact) mass is 395 g/mol. The zero-order valence-electron chi connectivity index (χ0n) is 15.0. The molecule has 4 nitrogen and oxygen atoms in total. The van der Waals surface area contributed by atoms with Crippen molar-refractivity contribution in [3.63, 3.8) is 0 Å². The molecular weight excluding hydrogens is 378 g/mol. The molecule has 0 N–H and O–H groups in total.